The van der Waals surface area contributed by atoms with Crippen LogP contribution in [0, 0.1) is 0 Å². The SMILES string of the molecule is CC1(C)OB(c2cccc3c2C2(c4ccccc4-c4ccccc42)c2ccccc2C32c3ccccc3-c3ccccc32)OC1(C)C.Clc1nc(-c2ccc(-c3ccccc3)cc2)c2ccccc2n1.c1ccc(-c2ccc(-c3nc(-c4cccc5c4C4(c6ccccc6-c6ccccc64)c4ccccc4C54c5ccccc5-c5ccccc54)nc4ccccc34)cc2)cc1. The molecule has 0 bridgehead atoms. The van der Waals surface area contributed by atoms with Crippen LogP contribution in [0.3, 0.4) is 0 Å². The van der Waals surface area contributed by atoms with E-state index in [1.54, 1.807) is 0 Å². The van der Waals surface area contributed by atoms with Gasteiger partial charge in [-0.1, -0.05) is 425 Å². The number of nitrogens with zero attached hydrogens (tertiary/aromatic N) is 4. The molecule has 0 amide bonds. The first-order chi connectivity index (χ1) is 63.9. The molecule has 6 nitrogen and oxygen atoms in total. The highest BCUT2D eigenvalue weighted by Crippen LogP contribution is 2.71. The van der Waals surface area contributed by atoms with Crippen molar-refractivity contribution in [2.75, 3.05) is 0 Å². The Morgan fingerprint density at radius 2 is 0.469 bits per heavy atom. The van der Waals surface area contributed by atoms with Crippen molar-refractivity contribution in [2.24, 2.45) is 0 Å². The van der Waals surface area contributed by atoms with E-state index in [1.165, 1.54) is 156 Å². The van der Waals surface area contributed by atoms with Crippen LogP contribution in [0.25, 0.3) is 122 Å². The molecule has 1 saturated heterocycles. The fourth-order valence-corrected chi connectivity index (χ4v) is 23.7. The van der Waals surface area contributed by atoms with Crippen LogP contribution in [0.2, 0.25) is 5.28 Å². The van der Waals surface area contributed by atoms with Gasteiger partial charge in [0.15, 0.2) is 5.82 Å². The quantitative estimate of drug-likeness (QED) is 0.122. The average Bonchev–Trinajstić information content (AvgIpc) is 1.46. The Morgan fingerprint density at radius 1 is 0.208 bits per heavy atom. The minimum Gasteiger partial charge on any atom is -0.399 e. The number of fused-ring (bicyclic) bond motifs is 34. The first-order valence-electron chi connectivity index (χ1n) is 45.0. The summed E-state index contributed by atoms with van der Waals surface area (Å²) in [5.41, 5.74) is 40.4. The molecule has 3 heterocycles. The van der Waals surface area contributed by atoms with Gasteiger partial charge in [0.25, 0.3) is 0 Å². The predicted molar refractivity (Wildman–Crippen MR) is 530 cm³/mol. The lowest BCUT2D eigenvalue weighted by Crippen LogP contribution is -2.50. The fraction of sp³-hybridized carbons (Fsp3) is 0.0820. The molecule has 8 heteroatoms. The van der Waals surface area contributed by atoms with Crippen molar-refractivity contribution >= 4 is 46.0 Å². The van der Waals surface area contributed by atoms with Crippen LogP contribution < -0.4 is 5.46 Å². The normalized spacial score (nSPS) is 15.4. The van der Waals surface area contributed by atoms with Gasteiger partial charge in [0.1, 0.15) is 0 Å². The van der Waals surface area contributed by atoms with E-state index in [2.05, 4.69) is 432 Å². The molecule has 4 spiro atoms. The molecule has 27 rings (SSSR count). The van der Waals surface area contributed by atoms with E-state index < -0.39 is 40.0 Å². The number of rotatable bonds is 6. The van der Waals surface area contributed by atoms with Crippen molar-refractivity contribution in [2.45, 2.75) is 60.6 Å². The number of halogens is 1. The number of hydrogen-bond donors (Lipinski definition) is 0. The van der Waals surface area contributed by atoms with Gasteiger partial charge in [-0.15, -0.1) is 0 Å². The van der Waals surface area contributed by atoms with Crippen molar-refractivity contribution in [1.82, 2.24) is 19.9 Å². The lowest BCUT2D eigenvalue weighted by molar-refractivity contribution is 0.00578. The molecule has 0 radical (unpaired) electrons. The second kappa shape index (κ2) is 29.5. The van der Waals surface area contributed by atoms with Gasteiger partial charge in [0.2, 0.25) is 5.28 Å². The molecule has 0 unspecified atom stereocenters. The Morgan fingerprint density at radius 3 is 0.854 bits per heavy atom. The van der Waals surface area contributed by atoms with Crippen LogP contribution in [0.15, 0.2) is 437 Å². The molecule has 0 N–H and O–H groups in total. The van der Waals surface area contributed by atoms with E-state index >= 15 is 0 Å². The number of aromatic nitrogens is 4. The maximum Gasteiger partial charge on any atom is 0.495 e. The Hall–Kier alpha value is -15.1. The highest BCUT2D eigenvalue weighted by Gasteiger charge is 2.64. The van der Waals surface area contributed by atoms with Gasteiger partial charge in [-0.2, -0.15) is 0 Å². The molecule has 0 atom stereocenters. The Kier molecular flexibility index (Phi) is 17.5. The van der Waals surface area contributed by atoms with Gasteiger partial charge in [-0.3, -0.25) is 0 Å². The van der Waals surface area contributed by atoms with Crippen LogP contribution in [0.4, 0.5) is 0 Å². The Bertz CT molecular complexity index is 7840. The lowest BCUT2D eigenvalue weighted by Gasteiger charge is -2.49. The molecule has 2 aromatic heterocycles. The molecule has 0 saturated carbocycles. The third kappa shape index (κ3) is 10.9. The molecule has 1 fully saturated rings. The van der Waals surface area contributed by atoms with E-state index in [9.17, 15) is 0 Å². The van der Waals surface area contributed by atoms with Gasteiger partial charge in [0, 0.05) is 27.5 Å². The fourth-order valence-electron chi connectivity index (χ4n) is 23.6. The standard InChI is InChI=1S/C58H36N2.C44H35BO2.C20H13ClN2/c1-2-17-37(18-3-1)38-33-35-39(36-34-38)55-44-23-8-15-32-53(44)59-56(60-55)45-24-16-31-52-54(45)58(48-27-11-6-21-42(48)43-22-7-12-28-49(43)58)51-30-14-13-29-50(51)57(52)46-25-9-4-19-40(46)41-20-5-10-26-47(41)57;1-41(2)42(3,4)47-45(46-41)39-27-15-26-38-40(39)44(34-22-11-7-18-30(34)31-19-8-12-23-35(31)44)37-25-14-13-24-36(37)43(38)32-20-9-5-16-28(32)29-17-6-10-21-33(29)43;21-20-22-18-9-5-4-8-17(18)19(23-20)16-12-10-15(11-13-16)14-6-2-1-3-7-14/h1-36H;5-27H,1-4H3;1-13H. The molecule has 20 aromatic rings. The first-order valence-corrected chi connectivity index (χ1v) is 45.4. The van der Waals surface area contributed by atoms with E-state index in [0.717, 1.165) is 61.2 Å². The molecule has 7 aliphatic rings. The molecular weight excluding hydrogens is 1600 g/mol. The number of hydrogen-bond acceptors (Lipinski definition) is 6. The summed E-state index contributed by atoms with van der Waals surface area (Å²) in [6, 6.07) is 159. The van der Waals surface area contributed by atoms with Crippen molar-refractivity contribution in [3.63, 3.8) is 0 Å². The third-order valence-corrected chi connectivity index (χ3v) is 29.6. The summed E-state index contributed by atoms with van der Waals surface area (Å²) in [6.07, 6.45) is 0. The maximum absolute atomic E-state index is 6.95. The zero-order valence-electron chi connectivity index (χ0n) is 72.1. The van der Waals surface area contributed by atoms with Crippen LogP contribution in [-0.2, 0) is 31.0 Å². The first kappa shape index (κ1) is 77.3. The highest BCUT2D eigenvalue weighted by atomic mass is 35.5. The summed E-state index contributed by atoms with van der Waals surface area (Å²) >= 11 is 6.08. The molecule has 18 aromatic carbocycles. The van der Waals surface area contributed by atoms with Gasteiger partial charge >= 0.3 is 7.12 Å². The largest absolute Gasteiger partial charge is 0.495 e. The third-order valence-electron chi connectivity index (χ3n) is 29.5. The smallest absolute Gasteiger partial charge is 0.399 e. The van der Waals surface area contributed by atoms with E-state index in [0.29, 0.717) is 0 Å². The maximum atomic E-state index is 6.95. The van der Waals surface area contributed by atoms with Crippen molar-refractivity contribution in [3.05, 3.63) is 531 Å². The molecular formula is C122H84BClN4O2. The van der Waals surface area contributed by atoms with E-state index in [4.69, 9.17) is 30.9 Å². The summed E-state index contributed by atoms with van der Waals surface area (Å²) in [5.74, 6) is 0.725. The topological polar surface area (TPSA) is 70.0 Å². The average molecular weight is 1680 g/mol. The number of benzene rings is 18. The second-order valence-corrected chi connectivity index (χ2v) is 36.5. The van der Waals surface area contributed by atoms with Crippen molar-refractivity contribution in [3.8, 4) is 101 Å². The van der Waals surface area contributed by atoms with Gasteiger partial charge in [-0.05, 0) is 213 Å². The van der Waals surface area contributed by atoms with Crippen LogP contribution in [0.5, 0.6) is 0 Å². The zero-order valence-corrected chi connectivity index (χ0v) is 72.9. The highest BCUT2D eigenvalue weighted by molar-refractivity contribution is 6.63. The monoisotopic (exact) mass is 1680 g/mol. The predicted octanol–water partition coefficient (Wildman–Crippen LogP) is 28.3. The second-order valence-electron chi connectivity index (χ2n) is 36.2. The molecule has 130 heavy (non-hydrogen) atoms. The molecule has 614 valence electrons. The van der Waals surface area contributed by atoms with Gasteiger partial charge in [-0.25, -0.2) is 19.9 Å². The summed E-state index contributed by atoms with van der Waals surface area (Å²) in [6.45, 7) is 8.61. The van der Waals surface area contributed by atoms with Gasteiger partial charge < -0.3 is 9.31 Å². The summed E-state index contributed by atoms with van der Waals surface area (Å²) < 4.78 is 13.9. The van der Waals surface area contributed by atoms with Crippen molar-refractivity contribution in [1.29, 1.82) is 0 Å². The van der Waals surface area contributed by atoms with Crippen molar-refractivity contribution < 1.29 is 9.31 Å². The minimum absolute atomic E-state index is 0.269. The van der Waals surface area contributed by atoms with Crippen LogP contribution >= 0.6 is 11.6 Å². The lowest BCUT2D eigenvalue weighted by atomic mass is 9.49. The number of para-hydroxylation sites is 2. The summed E-state index contributed by atoms with van der Waals surface area (Å²) in [5, 5.41) is 2.31. The van der Waals surface area contributed by atoms with Crippen LogP contribution in [0.1, 0.15) is 117 Å². The van der Waals surface area contributed by atoms with Crippen LogP contribution in [-0.4, -0.2) is 38.3 Å². The molecule has 1 aliphatic heterocycles. The Balaban J connectivity index is 0.000000115. The summed E-state index contributed by atoms with van der Waals surface area (Å²) in [7, 11) is -0.527. The van der Waals surface area contributed by atoms with Gasteiger partial charge in [0.05, 0.1) is 55.3 Å². The summed E-state index contributed by atoms with van der Waals surface area (Å²) in [4.78, 5) is 19.9. The minimum atomic E-state index is -0.653. The van der Waals surface area contributed by atoms with E-state index in [1.807, 2.05) is 42.5 Å². The molecule has 6 aliphatic carbocycles. The Labute approximate surface area is 762 Å². The van der Waals surface area contributed by atoms with E-state index in [-0.39, 0.29) is 5.28 Å². The zero-order chi connectivity index (χ0) is 86.8.